The Bertz CT molecular complexity index is 1080. The number of benzene rings is 2. The summed E-state index contributed by atoms with van der Waals surface area (Å²) in [5.74, 6) is 0.244. The molecule has 0 aliphatic heterocycles. The second kappa shape index (κ2) is 9.18. The Morgan fingerprint density at radius 3 is 2.47 bits per heavy atom. The van der Waals surface area contributed by atoms with Gasteiger partial charge in [0.25, 0.3) is 5.91 Å². The van der Waals surface area contributed by atoms with Gasteiger partial charge in [0.2, 0.25) is 0 Å². The molecule has 1 heterocycles. The molecule has 1 aromatic heterocycles. The van der Waals surface area contributed by atoms with Gasteiger partial charge < -0.3 is 5.32 Å². The van der Waals surface area contributed by atoms with Gasteiger partial charge >= 0.3 is 6.18 Å². The predicted octanol–water partition coefficient (Wildman–Crippen LogP) is 6.56. The van der Waals surface area contributed by atoms with Gasteiger partial charge in [-0.3, -0.25) is 9.48 Å². The van der Waals surface area contributed by atoms with Gasteiger partial charge in [-0.1, -0.05) is 43.5 Å². The maximum atomic E-state index is 13.0. The van der Waals surface area contributed by atoms with Gasteiger partial charge in [0.05, 0.1) is 17.8 Å². The van der Waals surface area contributed by atoms with Crippen LogP contribution in [0.2, 0.25) is 0 Å². The van der Waals surface area contributed by atoms with Crippen LogP contribution in [0.15, 0.2) is 54.6 Å². The van der Waals surface area contributed by atoms with Crippen LogP contribution in [0.25, 0.3) is 0 Å². The van der Waals surface area contributed by atoms with E-state index in [-0.39, 0.29) is 12.5 Å². The monoisotopic (exact) mass is 441 g/mol. The molecule has 1 N–H and O–H groups in total. The molecule has 0 unspecified atom stereocenters. The molecule has 1 aliphatic rings. The van der Waals surface area contributed by atoms with Gasteiger partial charge in [0.15, 0.2) is 0 Å². The maximum absolute atomic E-state index is 13.0. The van der Waals surface area contributed by atoms with Crippen molar-refractivity contribution in [1.82, 2.24) is 9.78 Å². The van der Waals surface area contributed by atoms with E-state index in [1.54, 1.807) is 19.1 Å². The molecule has 0 atom stereocenters. The topological polar surface area (TPSA) is 46.9 Å². The molecule has 1 fully saturated rings. The molecule has 0 saturated heterocycles. The Morgan fingerprint density at radius 1 is 1.06 bits per heavy atom. The van der Waals surface area contributed by atoms with Gasteiger partial charge in [0.1, 0.15) is 5.69 Å². The standard InChI is InChI=1S/C25H26F3N3O/c1-17-14-23(31(30-17)16-18-6-5-9-21(15-18)25(26,27)28)24(32)29-22-12-10-20(11-13-22)19-7-3-2-4-8-19/h5-6,9-15,19H,2-4,7-8,16H2,1H3,(H,29,32). The third-order valence-corrected chi connectivity index (χ3v) is 5.97. The van der Waals surface area contributed by atoms with Crippen molar-refractivity contribution < 1.29 is 18.0 Å². The van der Waals surface area contributed by atoms with E-state index in [4.69, 9.17) is 0 Å². The first-order valence-corrected chi connectivity index (χ1v) is 10.9. The Morgan fingerprint density at radius 2 is 1.78 bits per heavy atom. The fraction of sp³-hybridized carbons (Fsp3) is 0.360. The van der Waals surface area contributed by atoms with E-state index in [9.17, 15) is 18.0 Å². The number of hydrogen-bond acceptors (Lipinski definition) is 2. The highest BCUT2D eigenvalue weighted by molar-refractivity contribution is 6.03. The summed E-state index contributed by atoms with van der Waals surface area (Å²) in [6.07, 6.45) is 1.83. The lowest BCUT2D eigenvalue weighted by molar-refractivity contribution is -0.137. The predicted molar refractivity (Wildman–Crippen MR) is 118 cm³/mol. The first-order chi connectivity index (χ1) is 15.3. The van der Waals surface area contributed by atoms with Gasteiger partial charge in [-0.05, 0) is 67.1 Å². The van der Waals surface area contributed by atoms with Crippen LogP contribution < -0.4 is 5.32 Å². The Labute approximate surface area is 185 Å². The lowest BCUT2D eigenvalue weighted by Crippen LogP contribution is -2.18. The Kier molecular flexibility index (Phi) is 6.35. The zero-order valence-electron chi connectivity index (χ0n) is 18.0. The van der Waals surface area contributed by atoms with Gasteiger partial charge in [-0.25, -0.2) is 0 Å². The van der Waals surface area contributed by atoms with E-state index >= 15 is 0 Å². The number of rotatable bonds is 5. The van der Waals surface area contributed by atoms with Crippen LogP contribution in [-0.2, 0) is 12.7 Å². The number of carbonyl (C=O) groups is 1. The second-order valence-electron chi connectivity index (χ2n) is 8.44. The molecule has 1 aliphatic carbocycles. The molecule has 4 nitrogen and oxygen atoms in total. The molecule has 7 heteroatoms. The van der Waals surface area contributed by atoms with Crippen molar-refractivity contribution >= 4 is 11.6 Å². The summed E-state index contributed by atoms with van der Waals surface area (Å²) in [6.45, 7) is 1.82. The number of aryl methyl sites for hydroxylation is 1. The molecule has 3 aromatic rings. The smallest absolute Gasteiger partial charge is 0.321 e. The Balaban J connectivity index is 1.48. The minimum atomic E-state index is -4.42. The van der Waals surface area contributed by atoms with E-state index in [1.165, 1.54) is 48.4 Å². The fourth-order valence-corrected chi connectivity index (χ4v) is 4.34. The van der Waals surface area contributed by atoms with E-state index in [0.29, 0.717) is 28.6 Å². The van der Waals surface area contributed by atoms with Crippen molar-refractivity contribution in [3.05, 3.63) is 82.7 Å². The average Bonchev–Trinajstić information content (AvgIpc) is 3.14. The van der Waals surface area contributed by atoms with Crippen LogP contribution in [0.5, 0.6) is 0 Å². The summed E-state index contributed by atoms with van der Waals surface area (Å²) in [7, 11) is 0. The highest BCUT2D eigenvalue weighted by Crippen LogP contribution is 2.33. The molecule has 32 heavy (non-hydrogen) atoms. The normalized spacial score (nSPS) is 15.0. The highest BCUT2D eigenvalue weighted by Gasteiger charge is 2.30. The molecule has 1 amide bonds. The van der Waals surface area contributed by atoms with Crippen molar-refractivity contribution in [2.75, 3.05) is 5.32 Å². The minimum absolute atomic E-state index is 0.0706. The van der Waals surface area contributed by atoms with Crippen LogP contribution in [0.4, 0.5) is 18.9 Å². The van der Waals surface area contributed by atoms with Crippen molar-refractivity contribution in [1.29, 1.82) is 0 Å². The fourth-order valence-electron chi connectivity index (χ4n) is 4.34. The third kappa shape index (κ3) is 5.21. The Hall–Kier alpha value is -3.09. The number of hydrogen-bond donors (Lipinski definition) is 1. The number of alkyl halides is 3. The molecule has 0 radical (unpaired) electrons. The quantitative estimate of drug-likeness (QED) is 0.487. The van der Waals surface area contributed by atoms with Crippen molar-refractivity contribution in [2.24, 2.45) is 0 Å². The van der Waals surface area contributed by atoms with Crippen molar-refractivity contribution in [3.63, 3.8) is 0 Å². The number of carbonyl (C=O) groups excluding carboxylic acids is 1. The summed E-state index contributed by atoms with van der Waals surface area (Å²) in [5, 5.41) is 7.19. The number of anilines is 1. The minimum Gasteiger partial charge on any atom is -0.321 e. The van der Waals surface area contributed by atoms with E-state index in [2.05, 4.69) is 22.5 Å². The van der Waals surface area contributed by atoms with E-state index in [0.717, 1.165) is 12.1 Å². The number of nitrogens with one attached hydrogen (secondary N) is 1. The van der Waals surface area contributed by atoms with E-state index in [1.807, 2.05) is 12.1 Å². The zero-order valence-corrected chi connectivity index (χ0v) is 18.0. The van der Waals surface area contributed by atoms with Gasteiger partial charge in [-0.15, -0.1) is 0 Å². The van der Waals surface area contributed by atoms with Crippen molar-refractivity contribution in [3.8, 4) is 0 Å². The van der Waals surface area contributed by atoms with Gasteiger partial charge in [0, 0.05) is 5.69 Å². The second-order valence-corrected chi connectivity index (χ2v) is 8.44. The first kappa shape index (κ1) is 22.1. The lowest BCUT2D eigenvalue weighted by atomic mass is 9.84. The van der Waals surface area contributed by atoms with E-state index < -0.39 is 11.7 Å². The summed E-state index contributed by atoms with van der Waals surface area (Å²) in [6, 6.07) is 14.7. The number of nitrogens with zero attached hydrogens (tertiary/aromatic N) is 2. The molecule has 168 valence electrons. The summed E-state index contributed by atoms with van der Waals surface area (Å²) >= 11 is 0. The number of amides is 1. The van der Waals surface area contributed by atoms with Crippen LogP contribution in [0, 0.1) is 6.92 Å². The van der Waals surface area contributed by atoms with Crippen LogP contribution in [0.3, 0.4) is 0 Å². The summed E-state index contributed by atoms with van der Waals surface area (Å²) in [4.78, 5) is 12.9. The molecule has 4 rings (SSSR count). The molecule has 0 spiro atoms. The van der Waals surface area contributed by atoms with Crippen LogP contribution in [-0.4, -0.2) is 15.7 Å². The van der Waals surface area contributed by atoms with Crippen LogP contribution >= 0.6 is 0 Å². The largest absolute Gasteiger partial charge is 0.416 e. The van der Waals surface area contributed by atoms with Crippen LogP contribution in [0.1, 0.15) is 70.9 Å². The average molecular weight is 441 g/mol. The molecule has 0 bridgehead atoms. The number of halogens is 3. The maximum Gasteiger partial charge on any atom is 0.416 e. The zero-order chi connectivity index (χ0) is 22.7. The SMILES string of the molecule is Cc1cc(C(=O)Nc2ccc(C3CCCCC3)cc2)n(Cc2cccc(C(F)(F)F)c2)n1. The molecule has 2 aromatic carbocycles. The molecular weight excluding hydrogens is 415 g/mol. The molecule has 1 saturated carbocycles. The number of aromatic nitrogens is 2. The third-order valence-electron chi connectivity index (χ3n) is 5.97. The molecular formula is C25H26F3N3O. The first-order valence-electron chi connectivity index (χ1n) is 10.9. The lowest BCUT2D eigenvalue weighted by Gasteiger charge is -2.22. The summed E-state index contributed by atoms with van der Waals surface area (Å²) in [5.41, 5.74) is 2.61. The summed E-state index contributed by atoms with van der Waals surface area (Å²) < 4.78 is 40.5. The van der Waals surface area contributed by atoms with Crippen molar-refractivity contribution in [2.45, 2.75) is 57.7 Å². The highest BCUT2D eigenvalue weighted by atomic mass is 19.4. The van der Waals surface area contributed by atoms with Gasteiger partial charge in [-0.2, -0.15) is 18.3 Å².